The Hall–Kier alpha value is -1.60. The maximum atomic E-state index is 11.7. The highest BCUT2D eigenvalue weighted by Crippen LogP contribution is 2.22. The molecule has 0 aliphatic heterocycles. The molecule has 7 heteroatoms. The molecule has 0 fully saturated rings. The van der Waals surface area contributed by atoms with Crippen molar-refractivity contribution >= 4 is 15.9 Å². The van der Waals surface area contributed by atoms with Gasteiger partial charge in [0.15, 0.2) is 0 Å². The summed E-state index contributed by atoms with van der Waals surface area (Å²) in [5, 5.41) is 13.2. The van der Waals surface area contributed by atoms with Crippen molar-refractivity contribution in [3.8, 4) is 5.75 Å². The number of aryl methyl sites for hydroxylation is 2. The number of halogens is 1. The van der Waals surface area contributed by atoms with Crippen LogP contribution in [0.5, 0.6) is 5.75 Å². The smallest absolute Gasteiger partial charge is 0.227 e. The van der Waals surface area contributed by atoms with Crippen molar-refractivity contribution < 1.29 is 14.3 Å². The molecule has 2 rings (SSSR count). The van der Waals surface area contributed by atoms with Crippen LogP contribution in [0, 0.1) is 0 Å². The molecule has 2 aromatic heterocycles. The normalized spacial score (nSPS) is 10.8. The van der Waals surface area contributed by atoms with E-state index in [1.165, 1.54) is 12.3 Å². The summed E-state index contributed by atoms with van der Waals surface area (Å²) in [6.45, 7) is 1.90. The lowest BCUT2D eigenvalue weighted by atomic mass is 10.3. The Bertz CT molecular complexity index is 663. The van der Waals surface area contributed by atoms with Crippen molar-refractivity contribution in [1.29, 1.82) is 0 Å². The number of hydrogen-bond acceptors (Lipinski definition) is 5. The van der Waals surface area contributed by atoms with E-state index in [0.717, 1.165) is 22.3 Å². The molecule has 20 heavy (non-hydrogen) atoms. The first-order valence-corrected chi connectivity index (χ1v) is 6.91. The van der Waals surface area contributed by atoms with E-state index in [1.54, 1.807) is 4.68 Å². The highest BCUT2D eigenvalue weighted by atomic mass is 79.9. The fourth-order valence-corrected chi connectivity index (χ4v) is 2.48. The van der Waals surface area contributed by atoms with Crippen molar-refractivity contribution in [2.24, 2.45) is 7.05 Å². The Balaban J connectivity index is 2.17. The summed E-state index contributed by atoms with van der Waals surface area (Å²) in [5.41, 5.74) is 1.45. The van der Waals surface area contributed by atoms with Crippen molar-refractivity contribution in [2.45, 2.75) is 26.6 Å². The molecule has 0 unspecified atom stereocenters. The van der Waals surface area contributed by atoms with Crippen LogP contribution in [0.3, 0.4) is 0 Å². The standard InChI is InChI=1S/C13H15BrN2O4/c1-3-9-13(14)10(16(2)15-9)6-20-12-7-19-8(5-17)4-11(12)18/h4,7,17H,3,5-6H2,1-2H3. The van der Waals surface area contributed by atoms with Crippen molar-refractivity contribution in [3.63, 3.8) is 0 Å². The summed E-state index contributed by atoms with van der Waals surface area (Å²) in [4.78, 5) is 11.7. The van der Waals surface area contributed by atoms with Gasteiger partial charge in [0.1, 0.15) is 25.2 Å². The van der Waals surface area contributed by atoms with E-state index in [9.17, 15) is 4.79 Å². The van der Waals surface area contributed by atoms with E-state index in [2.05, 4.69) is 21.0 Å². The summed E-state index contributed by atoms with van der Waals surface area (Å²) in [6, 6.07) is 1.21. The van der Waals surface area contributed by atoms with Gasteiger partial charge in [0.2, 0.25) is 11.2 Å². The average molecular weight is 343 g/mol. The van der Waals surface area contributed by atoms with Crippen molar-refractivity contribution in [1.82, 2.24) is 9.78 Å². The van der Waals surface area contributed by atoms with Gasteiger partial charge < -0.3 is 14.3 Å². The second-order valence-corrected chi connectivity index (χ2v) is 5.00. The fourth-order valence-electron chi connectivity index (χ4n) is 1.75. The number of nitrogens with zero attached hydrogens (tertiary/aromatic N) is 2. The maximum absolute atomic E-state index is 11.7. The average Bonchev–Trinajstić information content (AvgIpc) is 2.72. The lowest BCUT2D eigenvalue weighted by Crippen LogP contribution is -2.10. The predicted octanol–water partition coefficient (Wildman–Crippen LogP) is 1.77. The molecule has 0 aliphatic rings. The molecule has 0 radical (unpaired) electrons. The van der Waals surface area contributed by atoms with Gasteiger partial charge in [0.05, 0.1) is 15.9 Å². The summed E-state index contributed by atoms with van der Waals surface area (Å²) < 4.78 is 13.1. The highest BCUT2D eigenvalue weighted by molar-refractivity contribution is 9.10. The van der Waals surface area contributed by atoms with Gasteiger partial charge in [-0.1, -0.05) is 6.92 Å². The third-order valence-corrected chi connectivity index (χ3v) is 3.79. The Morgan fingerprint density at radius 2 is 2.30 bits per heavy atom. The number of aliphatic hydroxyl groups is 1. The molecule has 0 saturated carbocycles. The van der Waals surface area contributed by atoms with Gasteiger partial charge >= 0.3 is 0 Å². The molecule has 0 bridgehead atoms. The summed E-state index contributed by atoms with van der Waals surface area (Å²) in [6.07, 6.45) is 2.01. The molecule has 0 spiro atoms. The molecule has 1 N–H and O–H groups in total. The van der Waals surface area contributed by atoms with E-state index in [-0.39, 0.29) is 30.2 Å². The monoisotopic (exact) mass is 342 g/mol. The van der Waals surface area contributed by atoms with Gasteiger partial charge in [-0.3, -0.25) is 9.48 Å². The van der Waals surface area contributed by atoms with Gasteiger partial charge in [-0.15, -0.1) is 0 Å². The van der Waals surface area contributed by atoms with E-state index in [0.29, 0.717) is 0 Å². The predicted molar refractivity (Wildman–Crippen MR) is 75.5 cm³/mol. The quantitative estimate of drug-likeness (QED) is 0.895. The van der Waals surface area contributed by atoms with Crippen LogP contribution in [-0.2, 0) is 26.7 Å². The zero-order valence-corrected chi connectivity index (χ0v) is 12.8. The van der Waals surface area contributed by atoms with Crippen LogP contribution < -0.4 is 10.2 Å². The summed E-state index contributed by atoms with van der Waals surface area (Å²) >= 11 is 3.48. The van der Waals surface area contributed by atoms with Crippen molar-refractivity contribution in [3.05, 3.63) is 44.2 Å². The van der Waals surface area contributed by atoms with Gasteiger partial charge in [0, 0.05) is 13.1 Å². The van der Waals surface area contributed by atoms with Crippen LogP contribution in [0.15, 0.2) is 26.0 Å². The molecule has 0 amide bonds. The van der Waals surface area contributed by atoms with Crippen LogP contribution in [0.25, 0.3) is 0 Å². The van der Waals surface area contributed by atoms with Gasteiger partial charge in [0.25, 0.3) is 0 Å². The van der Waals surface area contributed by atoms with Crippen LogP contribution in [0.4, 0.5) is 0 Å². The number of aliphatic hydroxyl groups excluding tert-OH is 1. The minimum atomic E-state index is -0.325. The lowest BCUT2D eigenvalue weighted by Gasteiger charge is -2.06. The Kier molecular flexibility index (Phi) is 4.61. The number of rotatable bonds is 5. The van der Waals surface area contributed by atoms with E-state index >= 15 is 0 Å². The van der Waals surface area contributed by atoms with E-state index in [4.69, 9.17) is 14.3 Å². The molecule has 2 aromatic rings. The Morgan fingerprint density at radius 3 is 2.85 bits per heavy atom. The third kappa shape index (κ3) is 2.94. The Labute approximate surface area is 124 Å². The summed E-state index contributed by atoms with van der Waals surface area (Å²) in [7, 11) is 1.82. The molecule has 0 saturated heterocycles. The highest BCUT2D eigenvalue weighted by Gasteiger charge is 2.14. The largest absolute Gasteiger partial charge is 0.480 e. The zero-order chi connectivity index (χ0) is 14.7. The van der Waals surface area contributed by atoms with E-state index in [1.807, 2.05) is 14.0 Å². The van der Waals surface area contributed by atoms with Gasteiger partial charge in [-0.25, -0.2) is 0 Å². The molecular formula is C13H15BrN2O4. The van der Waals surface area contributed by atoms with Crippen LogP contribution in [0.2, 0.25) is 0 Å². The second kappa shape index (κ2) is 6.23. The van der Waals surface area contributed by atoms with Gasteiger partial charge in [-0.05, 0) is 22.4 Å². The zero-order valence-electron chi connectivity index (χ0n) is 11.2. The molecule has 0 aliphatic carbocycles. The minimum absolute atomic E-state index is 0.105. The molecule has 0 aromatic carbocycles. The number of aromatic nitrogens is 2. The molecular weight excluding hydrogens is 328 g/mol. The maximum Gasteiger partial charge on any atom is 0.227 e. The first-order valence-electron chi connectivity index (χ1n) is 6.12. The van der Waals surface area contributed by atoms with Crippen LogP contribution >= 0.6 is 15.9 Å². The minimum Gasteiger partial charge on any atom is -0.480 e. The fraction of sp³-hybridized carbons (Fsp3) is 0.385. The lowest BCUT2D eigenvalue weighted by molar-refractivity contribution is 0.235. The first kappa shape index (κ1) is 14.8. The Morgan fingerprint density at radius 1 is 1.55 bits per heavy atom. The van der Waals surface area contributed by atoms with Crippen LogP contribution in [0.1, 0.15) is 24.1 Å². The molecule has 2 heterocycles. The molecule has 108 valence electrons. The summed E-state index contributed by atoms with van der Waals surface area (Å²) in [5.74, 6) is 0.311. The van der Waals surface area contributed by atoms with E-state index < -0.39 is 0 Å². The third-order valence-electron chi connectivity index (χ3n) is 2.88. The van der Waals surface area contributed by atoms with Crippen LogP contribution in [-0.4, -0.2) is 14.9 Å². The molecule has 0 atom stereocenters. The second-order valence-electron chi connectivity index (χ2n) is 4.21. The van der Waals surface area contributed by atoms with Crippen molar-refractivity contribution in [2.75, 3.05) is 0 Å². The topological polar surface area (TPSA) is 77.5 Å². The molecule has 6 nitrogen and oxygen atoms in total. The number of ether oxygens (including phenoxy) is 1. The SMILES string of the molecule is CCc1nn(C)c(COc2coc(CO)cc2=O)c1Br. The number of hydrogen-bond donors (Lipinski definition) is 1. The van der Waals surface area contributed by atoms with Gasteiger partial charge in [-0.2, -0.15) is 5.10 Å². The first-order chi connectivity index (χ1) is 9.56.